The lowest BCUT2D eigenvalue weighted by atomic mass is 9.78. The number of para-hydroxylation sites is 1. The van der Waals surface area contributed by atoms with Crippen molar-refractivity contribution in [2.45, 2.75) is 91.3 Å². The van der Waals surface area contributed by atoms with Crippen molar-refractivity contribution in [2.24, 2.45) is 0 Å². The van der Waals surface area contributed by atoms with Crippen LogP contribution in [-0.2, 0) is 20.1 Å². The topological polar surface area (TPSA) is 40.6 Å². The maximum Gasteiger partial charge on any atom is 0.494 e. The second-order valence-electron chi connectivity index (χ2n) is 14.8. The number of hydrogen-bond acceptors (Lipinski definition) is 4. The predicted octanol–water partition coefficient (Wildman–Crippen LogP) is 8.99. The molecule has 0 N–H and O–H groups in total. The minimum atomic E-state index is -0.445. The summed E-state index contributed by atoms with van der Waals surface area (Å²) < 4.78 is 18.5. The third kappa shape index (κ3) is 6.30. The number of rotatable bonds is 5. The van der Waals surface area contributed by atoms with Gasteiger partial charge in [0, 0.05) is 5.56 Å². The van der Waals surface area contributed by atoms with Gasteiger partial charge in [0.2, 0.25) is 0 Å². The lowest BCUT2D eigenvalue weighted by Crippen LogP contribution is -2.41. The van der Waals surface area contributed by atoms with E-state index in [1.54, 1.807) is 7.11 Å². The van der Waals surface area contributed by atoms with Crippen molar-refractivity contribution in [1.29, 1.82) is 0 Å². The van der Waals surface area contributed by atoms with Crippen LogP contribution in [0.15, 0.2) is 78.9 Å². The number of methoxy groups -OCH3 is 1. The first kappa shape index (κ1) is 31.0. The van der Waals surface area contributed by atoms with Gasteiger partial charge in [-0.3, -0.25) is 0 Å². The van der Waals surface area contributed by atoms with Gasteiger partial charge in [-0.2, -0.15) is 0 Å². The van der Waals surface area contributed by atoms with E-state index < -0.39 is 18.3 Å². The third-order valence-corrected chi connectivity index (χ3v) is 8.91. The molecule has 1 fully saturated rings. The van der Waals surface area contributed by atoms with Crippen LogP contribution in [0, 0.1) is 0 Å². The Labute approximate surface area is 259 Å². The van der Waals surface area contributed by atoms with Crippen LogP contribution >= 0.6 is 0 Å². The minimum Gasteiger partial charge on any atom is -0.496 e. The normalized spacial score (nSPS) is 16.4. The Morgan fingerprint density at radius 1 is 0.628 bits per heavy atom. The van der Waals surface area contributed by atoms with Crippen LogP contribution in [0.2, 0.25) is 0 Å². The number of pyridine rings is 1. The van der Waals surface area contributed by atoms with Gasteiger partial charge >= 0.3 is 7.12 Å². The Morgan fingerprint density at radius 2 is 1.19 bits per heavy atom. The highest BCUT2D eigenvalue weighted by Crippen LogP contribution is 2.39. The molecule has 43 heavy (non-hydrogen) atoms. The van der Waals surface area contributed by atoms with E-state index in [-0.39, 0.29) is 10.8 Å². The van der Waals surface area contributed by atoms with Crippen LogP contribution in [0.1, 0.15) is 80.4 Å². The third-order valence-electron chi connectivity index (χ3n) is 8.91. The molecule has 5 heteroatoms. The van der Waals surface area contributed by atoms with E-state index in [0.717, 1.165) is 39.3 Å². The zero-order valence-corrected chi connectivity index (χ0v) is 27.8. The molecule has 1 aliphatic heterocycles. The Balaban J connectivity index is 1.71. The van der Waals surface area contributed by atoms with Gasteiger partial charge in [0.25, 0.3) is 0 Å². The van der Waals surface area contributed by atoms with E-state index in [1.165, 1.54) is 16.7 Å². The maximum atomic E-state index is 6.39. The molecule has 0 radical (unpaired) electrons. The molecule has 5 rings (SSSR count). The van der Waals surface area contributed by atoms with Crippen LogP contribution in [0.5, 0.6) is 5.75 Å². The molecule has 0 atom stereocenters. The van der Waals surface area contributed by atoms with Crippen molar-refractivity contribution in [3.05, 3.63) is 90.0 Å². The summed E-state index contributed by atoms with van der Waals surface area (Å²) in [5, 5.41) is 0. The van der Waals surface area contributed by atoms with Gasteiger partial charge in [0.15, 0.2) is 0 Å². The number of hydrogen-bond donors (Lipinski definition) is 0. The molecule has 0 spiro atoms. The highest BCUT2D eigenvalue weighted by Gasteiger charge is 2.51. The summed E-state index contributed by atoms with van der Waals surface area (Å²) in [6, 6.07) is 27.9. The van der Waals surface area contributed by atoms with Gasteiger partial charge < -0.3 is 14.0 Å². The Morgan fingerprint density at radius 3 is 1.77 bits per heavy atom. The highest BCUT2D eigenvalue weighted by atomic mass is 16.7. The first-order chi connectivity index (χ1) is 20.0. The number of benzene rings is 3. The summed E-state index contributed by atoms with van der Waals surface area (Å²) >= 11 is 0. The average molecular weight is 576 g/mol. The summed E-state index contributed by atoms with van der Waals surface area (Å²) in [6.07, 6.45) is 0. The summed E-state index contributed by atoms with van der Waals surface area (Å²) in [7, 11) is 1.26. The van der Waals surface area contributed by atoms with Crippen LogP contribution in [0.3, 0.4) is 0 Å². The molecular formula is C38H46BNO3. The molecule has 0 saturated carbocycles. The number of aromatic nitrogens is 1. The van der Waals surface area contributed by atoms with E-state index in [1.807, 2.05) is 18.2 Å². The monoisotopic (exact) mass is 575 g/mol. The molecular weight excluding hydrogens is 529 g/mol. The molecule has 4 nitrogen and oxygen atoms in total. The van der Waals surface area contributed by atoms with E-state index in [2.05, 4.69) is 130 Å². The first-order valence-corrected chi connectivity index (χ1v) is 15.3. The molecule has 0 bridgehead atoms. The van der Waals surface area contributed by atoms with Crippen molar-refractivity contribution in [1.82, 2.24) is 4.98 Å². The fraction of sp³-hybridized carbons (Fsp3) is 0.395. The van der Waals surface area contributed by atoms with Gasteiger partial charge in [0.05, 0.1) is 29.7 Å². The highest BCUT2D eigenvalue weighted by molar-refractivity contribution is 6.62. The van der Waals surface area contributed by atoms with E-state index in [9.17, 15) is 0 Å². The van der Waals surface area contributed by atoms with Crippen molar-refractivity contribution in [3.63, 3.8) is 0 Å². The average Bonchev–Trinajstić information content (AvgIpc) is 3.18. The summed E-state index contributed by atoms with van der Waals surface area (Å²) in [5.41, 5.74) is 8.81. The van der Waals surface area contributed by atoms with Crippen LogP contribution in [0.4, 0.5) is 0 Å². The van der Waals surface area contributed by atoms with Crippen LogP contribution in [0.25, 0.3) is 33.6 Å². The Kier molecular flexibility index (Phi) is 7.90. The molecule has 0 unspecified atom stereocenters. The SMILES string of the molecule is COc1ccccc1-c1cc(-c2cc(C(C)(C)C)cc(C(C)(C)C)c2)cc(-c2cccc(B3OC(C)(C)C(C)(C)O3)c2)n1. The van der Waals surface area contributed by atoms with Gasteiger partial charge in [-0.1, -0.05) is 96.1 Å². The predicted molar refractivity (Wildman–Crippen MR) is 180 cm³/mol. The summed E-state index contributed by atoms with van der Waals surface area (Å²) in [4.78, 5) is 5.21. The van der Waals surface area contributed by atoms with Gasteiger partial charge in [0.1, 0.15) is 5.75 Å². The smallest absolute Gasteiger partial charge is 0.494 e. The van der Waals surface area contributed by atoms with E-state index in [0.29, 0.717) is 0 Å². The Hall–Kier alpha value is -3.41. The maximum absolute atomic E-state index is 6.39. The fourth-order valence-corrected chi connectivity index (χ4v) is 5.32. The second kappa shape index (κ2) is 10.9. The van der Waals surface area contributed by atoms with Gasteiger partial charge in [-0.15, -0.1) is 0 Å². The molecule has 1 saturated heterocycles. The number of nitrogens with zero attached hydrogens (tertiary/aromatic N) is 1. The minimum absolute atomic E-state index is 0.00845. The molecule has 4 aromatic rings. The summed E-state index contributed by atoms with van der Waals surface area (Å²) in [5.74, 6) is 0.794. The zero-order chi connectivity index (χ0) is 31.4. The lowest BCUT2D eigenvalue weighted by molar-refractivity contribution is 0.00578. The van der Waals surface area contributed by atoms with E-state index in [4.69, 9.17) is 19.0 Å². The van der Waals surface area contributed by atoms with Crippen LogP contribution in [-0.4, -0.2) is 30.4 Å². The summed E-state index contributed by atoms with van der Waals surface area (Å²) in [6.45, 7) is 22.0. The van der Waals surface area contributed by atoms with Crippen molar-refractivity contribution in [3.8, 4) is 39.4 Å². The fourth-order valence-electron chi connectivity index (χ4n) is 5.32. The largest absolute Gasteiger partial charge is 0.496 e. The molecule has 1 aliphatic rings. The molecule has 0 aliphatic carbocycles. The molecule has 2 heterocycles. The molecule has 3 aromatic carbocycles. The standard InChI is InChI=1S/C38H46BNO3/c1-35(2,3)28-19-26(20-29(24-28)36(4,5)6)27-22-32(40-33(23-27)31-17-12-13-18-34(31)41-11)25-15-14-16-30(21-25)39-42-37(7,8)38(9,10)43-39/h12-24H,1-11H3. The van der Waals surface area contributed by atoms with E-state index >= 15 is 0 Å². The second-order valence-corrected chi connectivity index (χ2v) is 14.8. The molecule has 0 amide bonds. The van der Waals surface area contributed by atoms with Crippen LogP contribution < -0.4 is 10.2 Å². The van der Waals surface area contributed by atoms with Gasteiger partial charge in [-0.25, -0.2) is 4.98 Å². The van der Waals surface area contributed by atoms with Gasteiger partial charge in [-0.05, 0) is 96.1 Å². The zero-order valence-electron chi connectivity index (χ0n) is 27.8. The molecule has 1 aromatic heterocycles. The molecule has 224 valence electrons. The Bertz CT molecular complexity index is 1590. The van der Waals surface area contributed by atoms with Crippen molar-refractivity contribution < 1.29 is 14.0 Å². The number of ether oxygens (including phenoxy) is 1. The van der Waals surface area contributed by atoms with Crippen molar-refractivity contribution >= 4 is 12.6 Å². The first-order valence-electron chi connectivity index (χ1n) is 15.3. The van der Waals surface area contributed by atoms with Crippen molar-refractivity contribution in [2.75, 3.05) is 7.11 Å². The quantitative estimate of drug-likeness (QED) is 0.223. The lowest BCUT2D eigenvalue weighted by Gasteiger charge is -2.32.